The fourth-order valence-corrected chi connectivity index (χ4v) is 2.25. The van der Waals surface area contributed by atoms with Gasteiger partial charge in [0.05, 0.1) is 16.8 Å². The minimum Gasteiger partial charge on any atom is -0.478 e. The van der Waals surface area contributed by atoms with E-state index in [0.717, 1.165) is 12.1 Å². The molecular formula is C16H9F3N2O3. The second-order valence-electron chi connectivity index (χ2n) is 4.82. The molecule has 0 aliphatic rings. The predicted octanol–water partition coefficient (Wildman–Crippen LogP) is 3.89. The molecule has 0 unspecified atom stereocenters. The Kier molecular flexibility index (Phi) is 3.80. The summed E-state index contributed by atoms with van der Waals surface area (Å²) in [5.41, 5.74) is 1.10. The van der Waals surface area contributed by atoms with Crippen LogP contribution >= 0.6 is 0 Å². The summed E-state index contributed by atoms with van der Waals surface area (Å²) in [6.07, 6.45) is -1.80. The van der Waals surface area contributed by atoms with Crippen molar-refractivity contribution >= 4 is 16.9 Å². The lowest BCUT2D eigenvalue weighted by Crippen LogP contribution is -2.17. The largest absolute Gasteiger partial charge is 0.573 e. The normalized spacial score (nSPS) is 11.5. The van der Waals surface area contributed by atoms with Crippen molar-refractivity contribution < 1.29 is 27.8 Å². The zero-order valence-corrected chi connectivity index (χ0v) is 11.9. The van der Waals surface area contributed by atoms with Crippen molar-refractivity contribution in [2.45, 2.75) is 6.36 Å². The van der Waals surface area contributed by atoms with Crippen molar-refractivity contribution in [2.24, 2.45) is 0 Å². The van der Waals surface area contributed by atoms with Gasteiger partial charge in [0.25, 0.3) is 0 Å². The molecule has 1 N–H and O–H groups in total. The van der Waals surface area contributed by atoms with Gasteiger partial charge < -0.3 is 9.84 Å². The average Bonchev–Trinajstić information content (AvgIpc) is 2.53. The molecule has 0 fully saturated rings. The molecule has 0 bridgehead atoms. The molecule has 24 heavy (non-hydrogen) atoms. The molecule has 0 aliphatic heterocycles. The van der Waals surface area contributed by atoms with Crippen LogP contribution in [0.1, 0.15) is 10.4 Å². The lowest BCUT2D eigenvalue weighted by atomic mass is 10.0. The van der Waals surface area contributed by atoms with E-state index in [2.05, 4.69) is 14.7 Å². The molecule has 2 heterocycles. The van der Waals surface area contributed by atoms with Gasteiger partial charge in [0, 0.05) is 23.3 Å². The fourth-order valence-electron chi connectivity index (χ4n) is 2.25. The number of carbonyl (C=O) groups is 1. The Morgan fingerprint density at radius 1 is 1.08 bits per heavy atom. The highest BCUT2D eigenvalue weighted by atomic mass is 19.4. The first-order valence-corrected chi connectivity index (χ1v) is 6.68. The molecule has 0 aliphatic carbocycles. The molecule has 0 amide bonds. The van der Waals surface area contributed by atoms with Crippen LogP contribution in [0.25, 0.3) is 22.2 Å². The number of ether oxygens (including phenoxy) is 1. The summed E-state index contributed by atoms with van der Waals surface area (Å²) in [4.78, 5) is 19.7. The van der Waals surface area contributed by atoms with Crippen LogP contribution in [0.5, 0.6) is 5.75 Å². The van der Waals surface area contributed by atoms with E-state index >= 15 is 0 Å². The van der Waals surface area contributed by atoms with Crippen molar-refractivity contribution in [3.05, 3.63) is 54.4 Å². The van der Waals surface area contributed by atoms with Crippen molar-refractivity contribution in [3.8, 4) is 17.0 Å². The summed E-state index contributed by atoms with van der Waals surface area (Å²) in [6.45, 7) is 0. The highest BCUT2D eigenvalue weighted by molar-refractivity contribution is 6.04. The quantitative estimate of drug-likeness (QED) is 0.786. The Balaban J connectivity index is 2.18. The number of hydrogen-bond acceptors (Lipinski definition) is 4. The first-order chi connectivity index (χ1) is 11.3. The van der Waals surface area contributed by atoms with E-state index in [1.165, 1.54) is 24.5 Å². The number of nitrogens with zero attached hydrogens (tertiary/aromatic N) is 2. The predicted molar refractivity (Wildman–Crippen MR) is 78.6 cm³/mol. The third-order valence-corrected chi connectivity index (χ3v) is 3.22. The second-order valence-corrected chi connectivity index (χ2v) is 4.82. The Bertz CT molecular complexity index is 912. The molecule has 0 radical (unpaired) electrons. The van der Waals surface area contributed by atoms with Crippen LogP contribution in [0.4, 0.5) is 13.2 Å². The summed E-state index contributed by atoms with van der Waals surface area (Å²) in [6, 6.07) is 7.99. The van der Waals surface area contributed by atoms with Crippen molar-refractivity contribution in [1.82, 2.24) is 9.97 Å². The van der Waals surface area contributed by atoms with Crippen LogP contribution in [-0.4, -0.2) is 27.4 Å². The summed E-state index contributed by atoms with van der Waals surface area (Å²) in [5.74, 6) is -1.78. The summed E-state index contributed by atoms with van der Waals surface area (Å²) < 4.78 is 40.8. The van der Waals surface area contributed by atoms with Crippen LogP contribution in [0.2, 0.25) is 0 Å². The molecule has 3 rings (SSSR count). The molecule has 3 aromatic rings. The summed E-state index contributed by atoms with van der Waals surface area (Å²) in [7, 11) is 0. The number of carboxylic acids is 1. The Morgan fingerprint density at radius 3 is 2.42 bits per heavy atom. The van der Waals surface area contributed by atoms with Gasteiger partial charge in [-0.25, -0.2) is 9.78 Å². The Hall–Kier alpha value is -3.16. The number of aromatic nitrogens is 2. The third kappa shape index (κ3) is 3.27. The van der Waals surface area contributed by atoms with Crippen LogP contribution < -0.4 is 4.74 Å². The van der Waals surface area contributed by atoms with Crippen LogP contribution in [0.15, 0.2) is 48.8 Å². The first-order valence-electron chi connectivity index (χ1n) is 6.68. The number of fused-ring (bicyclic) bond motifs is 1. The number of carboxylic acid groups (broad SMARTS) is 1. The molecule has 2 aromatic heterocycles. The molecule has 0 atom stereocenters. The SMILES string of the molecule is O=C(O)c1cc(-c2ccncc2)nc2ccc(OC(F)(F)F)cc12. The van der Waals surface area contributed by atoms with Crippen LogP contribution in [0.3, 0.4) is 0 Å². The highest BCUT2D eigenvalue weighted by Gasteiger charge is 2.31. The fraction of sp³-hybridized carbons (Fsp3) is 0.0625. The van der Waals surface area contributed by atoms with Crippen molar-refractivity contribution in [2.75, 3.05) is 0 Å². The number of halogens is 3. The monoisotopic (exact) mass is 334 g/mol. The van der Waals surface area contributed by atoms with Gasteiger partial charge in [-0.1, -0.05) is 0 Å². The van der Waals surface area contributed by atoms with Crippen molar-refractivity contribution in [1.29, 1.82) is 0 Å². The van der Waals surface area contributed by atoms with E-state index in [-0.39, 0.29) is 16.5 Å². The Labute approximate surface area is 133 Å². The first kappa shape index (κ1) is 15.7. The third-order valence-electron chi connectivity index (χ3n) is 3.22. The second kappa shape index (κ2) is 5.80. The van der Waals surface area contributed by atoms with E-state index in [1.807, 2.05) is 0 Å². The molecule has 0 spiro atoms. The molecule has 122 valence electrons. The maximum Gasteiger partial charge on any atom is 0.573 e. The molecular weight excluding hydrogens is 325 g/mol. The van der Waals surface area contributed by atoms with Gasteiger partial charge in [-0.2, -0.15) is 0 Å². The van der Waals surface area contributed by atoms with Gasteiger partial charge >= 0.3 is 12.3 Å². The number of benzene rings is 1. The summed E-state index contributed by atoms with van der Waals surface area (Å²) >= 11 is 0. The molecule has 8 heteroatoms. The summed E-state index contributed by atoms with van der Waals surface area (Å²) in [5, 5.41) is 9.43. The van der Waals surface area contributed by atoms with E-state index in [1.54, 1.807) is 12.1 Å². The molecule has 0 saturated carbocycles. The Morgan fingerprint density at radius 2 is 1.79 bits per heavy atom. The van der Waals surface area contributed by atoms with E-state index in [9.17, 15) is 23.1 Å². The zero-order chi connectivity index (χ0) is 17.3. The van der Waals surface area contributed by atoms with Gasteiger partial charge in [0.1, 0.15) is 5.75 Å². The lowest BCUT2D eigenvalue weighted by molar-refractivity contribution is -0.274. The minimum absolute atomic E-state index is 0.0575. The van der Waals surface area contributed by atoms with Gasteiger partial charge in [-0.3, -0.25) is 4.98 Å². The lowest BCUT2D eigenvalue weighted by Gasteiger charge is -2.11. The van der Waals surface area contributed by atoms with Gasteiger partial charge in [0.15, 0.2) is 0 Å². The molecule has 5 nitrogen and oxygen atoms in total. The number of pyridine rings is 2. The van der Waals surface area contributed by atoms with Crippen molar-refractivity contribution in [3.63, 3.8) is 0 Å². The standard InChI is InChI=1S/C16H9F3N2O3/c17-16(18,19)24-10-1-2-13-11(7-10)12(15(22)23)8-14(21-13)9-3-5-20-6-4-9/h1-8H,(H,22,23). The van der Waals surface area contributed by atoms with Crippen LogP contribution in [-0.2, 0) is 0 Å². The zero-order valence-electron chi connectivity index (χ0n) is 11.9. The number of hydrogen-bond donors (Lipinski definition) is 1. The maximum absolute atomic E-state index is 12.3. The van der Waals surface area contributed by atoms with E-state index in [4.69, 9.17) is 0 Å². The van der Waals surface area contributed by atoms with E-state index < -0.39 is 18.1 Å². The number of alkyl halides is 3. The molecule has 1 aromatic carbocycles. The smallest absolute Gasteiger partial charge is 0.478 e. The maximum atomic E-state index is 12.3. The average molecular weight is 334 g/mol. The van der Waals surface area contributed by atoms with Gasteiger partial charge in [-0.05, 0) is 36.4 Å². The van der Waals surface area contributed by atoms with E-state index in [0.29, 0.717) is 11.3 Å². The minimum atomic E-state index is -4.86. The number of aromatic carboxylic acids is 1. The number of rotatable bonds is 3. The molecule has 0 saturated heterocycles. The highest BCUT2D eigenvalue weighted by Crippen LogP contribution is 2.30. The van der Waals surface area contributed by atoms with Crippen LogP contribution in [0, 0.1) is 0 Å². The topological polar surface area (TPSA) is 72.3 Å². The van der Waals surface area contributed by atoms with Gasteiger partial charge in [-0.15, -0.1) is 13.2 Å². The van der Waals surface area contributed by atoms with Gasteiger partial charge in [0.2, 0.25) is 0 Å².